The second-order valence-electron chi connectivity index (χ2n) is 13.8. The maximum atomic E-state index is 13.9. The van der Waals surface area contributed by atoms with Gasteiger partial charge in [0.05, 0.1) is 17.6 Å². The summed E-state index contributed by atoms with van der Waals surface area (Å²) in [5.74, 6) is 0.109. The molecule has 2 fully saturated rings. The van der Waals surface area contributed by atoms with Crippen molar-refractivity contribution in [3.63, 3.8) is 0 Å². The Morgan fingerprint density at radius 1 is 0.977 bits per heavy atom. The van der Waals surface area contributed by atoms with Gasteiger partial charge in [-0.25, -0.2) is 9.59 Å². The Bertz CT molecular complexity index is 1550. The molecule has 1 saturated carbocycles. The van der Waals surface area contributed by atoms with E-state index in [4.69, 9.17) is 13.9 Å². The van der Waals surface area contributed by atoms with E-state index in [1.807, 2.05) is 32.9 Å². The van der Waals surface area contributed by atoms with Crippen LogP contribution >= 0.6 is 0 Å². The fourth-order valence-corrected chi connectivity index (χ4v) is 5.40. The summed E-state index contributed by atoms with van der Waals surface area (Å²) in [6.07, 6.45) is 6.72. The Kier molecular flexibility index (Phi) is 8.46. The van der Waals surface area contributed by atoms with Gasteiger partial charge in [0.15, 0.2) is 5.58 Å². The van der Waals surface area contributed by atoms with E-state index in [0.717, 1.165) is 30.5 Å². The summed E-state index contributed by atoms with van der Waals surface area (Å²) in [4.78, 5) is 50.1. The molecule has 1 saturated heterocycles. The Morgan fingerprint density at radius 3 is 2.36 bits per heavy atom. The number of aromatic nitrogens is 2. The summed E-state index contributed by atoms with van der Waals surface area (Å²) in [5.41, 5.74) is 1.71. The molecule has 236 valence electrons. The van der Waals surface area contributed by atoms with Crippen molar-refractivity contribution in [3.05, 3.63) is 41.9 Å². The number of pyridine rings is 2. The van der Waals surface area contributed by atoms with Crippen LogP contribution < -0.4 is 20.9 Å². The Hall–Kier alpha value is -4.35. The van der Waals surface area contributed by atoms with E-state index in [0.29, 0.717) is 35.8 Å². The van der Waals surface area contributed by atoms with Gasteiger partial charge in [0.1, 0.15) is 22.3 Å². The zero-order valence-electron chi connectivity index (χ0n) is 26.4. The standard InChI is InChI=1S/C32H42N6O6/c1-18-12-21(35-29(40)43-31(2,3)4)17-38(16-18)23-10-11-33-15-22(23)36-27(39)25-26-24(13-20(14-34-26)19-8-9-19)42-28(25)37-30(41)44-32(5,6)7/h10-11,13-15,18-19,21H,8-9,12,16-17H2,1-7H3,(H,35,40)(H,36,39)(H,37,41). The molecule has 44 heavy (non-hydrogen) atoms. The highest BCUT2D eigenvalue weighted by atomic mass is 16.6. The van der Waals surface area contributed by atoms with Crippen molar-refractivity contribution in [2.45, 2.75) is 90.9 Å². The van der Waals surface area contributed by atoms with E-state index in [9.17, 15) is 14.4 Å². The normalized spacial score (nSPS) is 18.9. The number of hydrogen-bond donors (Lipinski definition) is 3. The van der Waals surface area contributed by atoms with Gasteiger partial charge >= 0.3 is 12.2 Å². The summed E-state index contributed by atoms with van der Waals surface area (Å²) in [7, 11) is 0. The SMILES string of the molecule is CC1CC(NC(=O)OC(C)(C)C)CN(c2ccncc2NC(=O)c2c(NC(=O)OC(C)(C)C)oc3cc(C4CC4)cnc23)C1. The molecule has 4 heterocycles. The highest BCUT2D eigenvalue weighted by molar-refractivity contribution is 6.16. The van der Waals surface area contributed by atoms with Crippen LogP contribution in [-0.4, -0.2) is 58.4 Å². The molecule has 1 aliphatic heterocycles. The minimum atomic E-state index is -0.749. The van der Waals surface area contributed by atoms with Crippen molar-refractivity contribution in [2.24, 2.45) is 5.92 Å². The number of anilines is 3. The minimum absolute atomic E-state index is 0.0501. The lowest BCUT2D eigenvalue weighted by Crippen LogP contribution is -2.51. The number of nitrogens with zero attached hydrogens (tertiary/aromatic N) is 3. The molecule has 3 amide bonds. The molecule has 0 spiro atoms. The molecule has 2 aliphatic rings. The second kappa shape index (κ2) is 12.0. The third-order valence-electron chi connectivity index (χ3n) is 7.21. The fraction of sp³-hybridized carbons (Fsp3) is 0.531. The van der Waals surface area contributed by atoms with Crippen LogP contribution in [0.4, 0.5) is 26.8 Å². The van der Waals surface area contributed by atoms with E-state index in [1.165, 1.54) is 0 Å². The summed E-state index contributed by atoms with van der Waals surface area (Å²) >= 11 is 0. The smallest absolute Gasteiger partial charge is 0.414 e. The van der Waals surface area contributed by atoms with E-state index < -0.39 is 29.3 Å². The summed E-state index contributed by atoms with van der Waals surface area (Å²) < 4.78 is 16.9. The third kappa shape index (κ3) is 7.78. The van der Waals surface area contributed by atoms with Gasteiger partial charge in [-0.2, -0.15) is 0 Å². The van der Waals surface area contributed by atoms with E-state index >= 15 is 0 Å². The summed E-state index contributed by atoms with van der Waals surface area (Å²) in [6, 6.07) is 3.54. The topological polar surface area (TPSA) is 148 Å². The Labute approximate surface area is 257 Å². The number of hydrogen-bond acceptors (Lipinski definition) is 9. The quantitative estimate of drug-likeness (QED) is 0.288. The molecule has 2 unspecified atom stereocenters. The lowest BCUT2D eigenvalue weighted by molar-refractivity contribution is 0.0494. The van der Waals surface area contributed by atoms with E-state index in [2.05, 4.69) is 37.7 Å². The lowest BCUT2D eigenvalue weighted by atomic mass is 9.95. The molecule has 12 nitrogen and oxygen atoms in total. The first kappa shape index (κ1) is 31.1. The molecule has 1 aliphatic carbocycles. The lowest BCUT2D eigenvalue weighted by Gasteiger charge is -2.39. The number of carbonyl (C=O) groups excluding carboxylic acids is 3. The molecular formula is C32H42N6O6. The third-order valence-corrected chi connectivity index (χ3v) is 7.21. The number of piperidine rings is 1. The second-order valence-corrected chi connectivity index (χ2v) is 13.8. The van der Waals surface area contributed by atoms with Crippen molar-refractivity contribution in [2.75, 3.05) is 28.6 Å². The molecule has 5 rings (SSSR count). The maximum Gasteiger partial charge on any atom is 0.414 e. The van der Waals surface area contributed by atoms with Crippen LogP contribution in [0.25, 0.3) is 11.1 Å². The van der Waals surface area contributed by atoms with Crippen molar-refractivity contribution in [1.29, 1.82) is 0 Å². The highest BCUT2D eigenvalue weighted by Gasteiger charge is 2.32. The van der Waals surface area contributed by atoms with Crippen LogP contribution in [0.3, 0.4) is 0 Å². The number of alkyl carbamates (subject to hydrolysis) is 1. The zero-order valence-corrected chi connectivity index (χ0v) is 26.4. The first-order chi connectivity index (χ1) is 20.6. The number of nitrogens with one attached hydrogen (secondary N) is 3. The van der Waals surface area contributed by atoms with Crippen LogP contribution in [0.5, 0.6) is 0 Å². The monoisotopic (exact) mass is 606 g/mol. The number of rotatable bonds is 6. The highest BCUT2D eigenvalue weighted by Crippen LogP contribution is 2.42. The molecule has 12 heteroatoms. The molecule has 0 aromatic carbocycles. The van der Waals surface area contributed by atoms with Gasteiger partial charge in [-0.3, -0.25) is 20.1 Å². The van der Waals surface area contributed by atoms with Gasteiger partial charge in [-0.05, 0) is 90.3 Å². The number of amides is 3. The number of carbonyl (C=O) groups is 3. The van der Waals surface area contributed by atoms with Gasteiger partial charge in [-0.1, -0.05) is 6.92 Å². The average molecular weight is 607 g/mol. The van der Waals surface area contributed by atoms with Crippen LogP contribution in [0, 0.1) is 5.92 Å². The summed E-state index contributed by atoms with van der Waals surface area (Å²) in [6.45, 7) is 14.1. The maximum absolute atomic E-state index is 13.9. The molecule has 3 aromatic heterocycles. The predicted molar refractivity (Wildman–Crippen MR) is 167 cm³/mol. The Balaban J connectivity index is 1.41. The molecule has 2 atom stereocenters. The van der Waals surface area contributed by atoms with Crippen LogP contribution in [-0.2, 0) is 9.47 Å². The number of fused-ring (bicyclic) bond motifs is 1. The van der Waals surface area contributed by atoms with Crippen molar-refractivity contribution in [3.8, 4) is 0 Å². The van der Waals surface area contributed by atoms with Crippen LogP contribution in [0.2, 0.25) is 0 Å². The number of furan rings is 1. The molecule has 0 radical (unpaired) electrons. The number of ether oxygens (including phenoxy) is 2. The van der Waals surface area contributed by atoms with Gasteiger partial charge in [0.25, 0.3) is 5.91 Å². The average Bonchev–Trinajstić information content (AvgIpc) is 3.67. The van der Waals surface area contributed by atoms with Gasteiger partial charge in [0.2, 0.25) is 5.88 Å². The predicted octanol–water partition coefficient (Wildman–Crippen LogP) is 6.44. The molecule has 0 bridgehead atoms. The summed E-state index contributed by atoms with van der Waals surface area (Å²) in [5, 5.41) is 8.56. The van der Waals surface area contributed by atoms with Gasteiger partial charge < -0.3 is 29.4 Å². The van der Waals surface area contributed by atoms with Crippen molar-refractivity contribution >= 4 is 46.5 Å². The zero-order chi connectivity index (χ0) is 31.8. The Morgan fingerprint density at radius 2 is 1.68 bits per heavy atom. The fourth-order valence-electron chi connectivity index (χ4n) is 5.40. The van der Waals surface area contributed by atoms with Gasteiger partial charge in [0, 0.05) is 31.5 Å². The van der Waals surface area contributed by atoms with Crippen LogP contribution in [0.1, 0.15) is 89.6 Å². The van der Waals surface area contributed by atoms with Crippen molar-refractivity contribution < 1.29 is 28.3 Å². The van der Waals surface area contributed by atoms with Crippen LogP contribution in [0.15, 0.2) is 35.1 Å². The molecule has 3 aromatic rings. The minimum Gasteiger partial charge on any atom is -0.444 e. The molecular weight excluding hydrogens is 564 g/mol. The first-order valence-corrected chi connectivity index (χ1v) is 15.1. The van der Waals surface area contributed by atoms with E-state index in [1.54, 1.807) is 39.4 Å². The van der Waals surface area contributed by atoms with Gasteiger partial charge in [-0.15, -0.1) is 0 Å². The van der Waals surface area contributed by atoms with Crippen molar-refractivity contribution in [1.82, 2.24) is 15.3 Å². The van der Waals surface area contributed by atoms with E-state index in [-0.39, 0.29) is 23.4 Å². The molecule has 3 N–H and O–H groups in total. The first-order valence-electron chi connectivity index (χ1n) is 15.1. The largest absolute Gasteiger partial charge is 0.444 e.